The van der Waals surface area contributed by atoms with E-state index in [-0.39, 0.29) is 29.2 Å². The average molecular weight is 476 g/mol. The molecule has 32 heavy (non-hydrogen) atoms. The van der Waals surface area contributed by atoms with Gasteiger partial charge in [0.25, 0.3) is 5.91 Å². The second-order valence-corrected chi connectivity index (χ2v) is 8.80. The number of aromatic nitrogens is 3. The second kappa shape index (κ2) is 10.6. The van der Waals surface area contributed by atoms with Crippen LogP contribution in [0.4, 0.5) is 10.1 Å². The fraction of sp³-hybridized carbons (Fsp3) is 0.273. The van der Waals surface area contributed by atoms with E-state index in [9.17, 15) is 14.0 Å². The zero-order valence-corrected chi connectivity index (χ0v) is 19.4. The number of para-hydroxylation sites is 1. The van der Waals surface area contributed by atoms with Gasteiger partial charge in [0, 0.05) is 17.6 Å². The molecule has 1 atom stereocenters. The topological polar surface area (TPSA) is 88.9 Å². The zero-order chi connectivity index (χ0) is 23.3. The van der Waals surface area contributed by atoms with Crippen molar-refractivity contribution in [2.24, 2.45) is 13.0 Å². The Balaban J connectivity index is 1.67. The van der Waals surface area contributed by atoms with Crippen LogP contribution in [-0.2, 0) is 11.8 Å². The minimum absolute atomic E-state index is 0.0315. The van der Waals surface area contributed by atoms with Gasteiger partial charge in [-0.1, -0.05) is 49.3 Å². The minimum Gasteiger partial charge on any atom is -0.342 e. The van der Waals surface area contributed by atoms with Gasteiger partial charge in [-0.15, -0.1) is 10.2 Å². The summed E-state index contributed by atoms with van der Waals surface area (Å²) in [6.07, 6.45) is 0. The van der Waals surface area contributed by atoms with Gasteiger partial charge in [-0.3, -0.25) is 9.59 Å². The number of nitrogens with one attached hydrogen (secondary N) is 2. The highest BCUT2D eigenvalue weighted by atomic mass is 35.5. The van der Waals surface area contributed by atoms with E-state index in [4.69, 9.17) is 11.6 Å². The molecule has 0 bridgehead atoms. The van der Waals surface area contributed by atoms with E-state index in [1.54, 1.807) is 48.0 Å². The maximum atomic E-state index is 13.7. The number of nitrogens with zero attached hydrogens (tertiary/aromatic N) is 3. The SMILES string of the molecule is CC(C)[C@H](NC(=O)c1ccc(Cl)cc1)c1nnc(SCC(=O)Nc2ccccc2F)n1C. The molecule has 3 rings (SSSR count). The molecule has 10 heteroatoms. The van der Waals surface area contributed by atoms with Gasteiger partial charge in [0.2, 0.25) is 5.91 Å². The molecule has 3 aromatic rings. The highest BCUT2D eigenvalue weighted by molar-refractivity contribution is 7.99. The molecule has 0 aliphatic heterocycles. The van der Waals surface area contributed by atoms with E-state index in [0.29, 0.717) is 21.6 Å². The van der Waals surface area contributed by atoms with Crippen molar-refractivity contribution in [3.63, 3.8) is 0 Å². The number of thioether (sulfide) groups is 1. The quantitative estimate of drug-likeness (QED) is 0.469. The lowest BCUT2D eigenvalue weighted by Gasteiger charge is -2.21. The summed E-state index contributed by atoms with van der Waals surface area (Å²) in [5.41, 5.74) is 0.614. The van der Waals surface area contributed by atoms with Crippen molar-refractivity contribution in [1.82, 2.24) is 20.1 Å². The van der Waals surface area contributed by atoms with Crippen LogP contribution in [0.5, 0.6) is 0 Å². The summed E-state index contributed by atoms with van der Waals surface area (Å²) in [7, 11) is 1.77. The maximum Gasteiger partial charge on any atom is 0.251 e. The largest absolute Gasteiger partial charge is 0.342 e. The fourth-order valence-electron chi connectivity index (χ4n) is 2.96. The van der Waals surface area contributed by atoms with Crippen LogP contribution in [0, 0.1) is 11.7 Å². The maximum absolute atomic E-state index is 13.7. The Labute approximate surface area is 194 Å². The molecule has 2 aromatic carbocycles. The fourth-order valence-corrected chi connectivity index (χ4v) is 3.80. The van der Waals surface area contributed by atoms with Crippen molar-refractivity contribution >= 4 is 40.9 Å². The van der Waals surface area contributed by atoms with Gasteiger partial charge in [-0.05, 0) is 42.3 Å². The standard InChI is InChI=1S/C22H23ClFN5O2S/c1-13(2)19(26-21(31)14-8-10-15(23)11-9-14)20-27-28-22(29(20)3)32-12-18(30)25-17-7-5-4-6-16(17)24/h4-11,13,19H,12H2,1-3H3,(H,25,30)(H,26,31)/t19-/m0/s1. The smallest absolute Gasteiger partial charge is 0.251 e. The van der Waals surface area contributed by atoms with Crippen molar-refractivity contribution in [2.45, 2.75) is 25.0 Å². The zero-order valence-electron chi connectivity index (χ0n) is 17.8. The van der Waals surface area contributed by atoms with Crippen molar-refractivity contribution < 1.29 is 14.0 Å². The number of hydrogen-bond donors (Lipinski definition) is 2. The molecule has 2 amide bonds. The van der Waals surface area contributed by atoms with Gasteiger partial charge < -0.3 is 15.2 Å². The number of benzene rings is 2. The lowest BCUT2D eigenvalue weighted by molar-refractivity contribution is -0.113. The summed E-state index contributed by atoms with van der Waals surface area (Å²) < 4.78 is 15.4. The Morgan fingerprint density at radius 2 is 1.81 bits per heavy atom. The third kappa shape index (κ3) is 5.86. The number of amides is 2. The number of hydrogen-bond acceptors (Lipinski definition) is 5. The van der Waals surface area contributed by atoms with E-state index in [1.165, 1.54) is 23.9 Å². The Hall–Kier alpha value is -2.91. The predicted octanol–water partition coefficient (Wildman–Crippen LogP) is 4.47. The van der Waals surface area contributed by atoms with E-state index in [0.717, 1.165) is 0 Å². The van der Waals surface area contributed by atoms with Crippen molar-refractivity contribution in [1.29, 1.82) is 0 Å². The van der Waals surface area contributed by atoms with Crippen molar-refractivity contribution in [3.05, 3.63) is 70.8 Å². The van der Waals surface area contributed by atoms with E-state index >= 15 is 0 Å². The molecule has 0 aliphatic rings. The first kappa shape index (κ1) is 23.7. The van der Waals surface area contributed by atoms with Crippen LogP contribution < -0.4 is 10.6 Å². The van der Waals surface area contributed by atoms with Gasteiger partial charge in [-0.2, -0.15) is 0 Å². The third-order valence-electron chi connectivity index (χ3n) is 4.69. The molecule has 0 saturated carbocycles. The monoisotopic (exact) mass is 475 g/mol. The normalized spacial score (nSPS) is 11.9. The number of carbonyl (C=O) groups is 2. The summed E-state index contributed by atoms with van der Waals surface area (Å²) in [5.74, 6) is -0.467. The lowest BCUT2D eigenvalue weighted by atomic mass is 10.0. The van der Waals surface area contributed by atoms with Crippen LogP contribution in [0.1, 0.15) is 36.1 Å². The van der Waals surface area contributed by atoms with Crippen molar-refractivity contribution in [2.75, 3.05) is 11.1 Å². The van der Waals surface area contributed by atoms with Gasteiger partial charge in [0.05, 0.1) is 17.5 Å². The molecule has 7 nitrogen and oxygen atoms in total. The molecule has 168 valence electrons. The summed E-state index contributed by atoms with van der Waals surface area (Å²) in [6, 6.07) is 12.2. The molecule has 0 aliphatic carbocycles. The lowest BCUT2D eigenvalue weighted by Crippen LogP contribution is -2.33. The number of rotatable bonds is 8. The summed E-state index contributed by atoms with van der Waals surface area (Å²) in [4.78, 5) is 24.9. The molecular formula is C22H23ClFN5O2S. The highest BCUT2D eigenvalue weighted by Crippen LogP contribution is 2.25. The summed E-state index contributed by atoms with van der Waals surface area (Å²) in [5, 5.41) is 15.0. The van der Waals surface area contributed by atoms with E-state index in [2.05, 4.69) is 20.8 Å². The van der Waals surface area contributed by atoms with Gasteiger partial charge >= 0.3 is 0 Å². The Morgan fingerprint density at radius 1 is 1.12 bits per heavy atom. The van der Waals surface area contributed by atoms with Gasteiger partial charge in [0.15, 0.2) is 11.0 Å². The van der Waals surface area contributed by atoms with Crippen LogP contribution in [-0.4, -0.2) is 32.3 Å². The van der Waals surface area contributed by atoms with Crippen LogP contribution in [0.15, 0.2) is 53.7 Å². The summed E-state index contributed by atoms with van der Waals surface area (Å²) in [6.45, 7) is 3.94. The number of halogens is 2. The molecular weight excluding hydrogens is 453 g/mol. The first-order valence-electron chi connectivity index (χ1n) is 9.89. The van der Waals surface area contributed by atoms with Gasteiger partial charge in [-0.25, -0.2) is 4.39 Å². The van der Waals surface area contributed by atoms with Crippen LogP contribution in [0.3, 0.4) is 0 Å². The Kier molecular flexibility index (Phi) is 7.87. The first-order chi connectivity index (χ1) is 15.3. The molecule has 2 N–H and O–H groups in total. The summed E-state index contributed by atoms with van der Waals surface area (Å²) >= 11 is 7.07. The Morgan fingerprint density at radius 3 is 2.47 bits per heavy atom. The van der Waals surface area contributed by atoms with Crippen molar-refractivity contribution in [3.8, 4) is 0 Å². The van der Waals surface area contributed by atoms with Gasteiger partial charge in [0.1, 0.15) is 5.82 Å². The second-order valence-electron chi connectivity index (χ2n) is 7.42. The molecule has 0 saturated heterocycles. The Bertz CT molecular complexity index is 1100. The first-order valence-corrected chi connectivity index (χ1v) is 11.3. The van der Waals surface area contributed by atoms with Crippen LogP contribution in [0.25, 0.3) is 0 Å². The van der Waals surface area contributed by atoms with E-state index < -0.39 is 11.9 Å². The average Bonchev–Trinajstić information content (AvgIpc) is 3.12. The molecule has 0 unspecified atom stereocenters. The molecule has 0 fully saturated rings. The minimum atomic E-state index is -0.497. The van der Waals surface area contributed by atoms with E-state index in [1.807, 2.05) is 13.8 Å². The number of carbonyl (C=O) groups excluding carboxylic acids is 2. The molecule has 0 spiro atoms. The molecule has 1 aromatic heterocycles. The molecule has 0 radical (unpaired) electrons. The molecule has 1 heterocycles. The van der Waals surface area contributed by atoms with Crippen LogP contribution in [0.2, 0.25) is 5.02 Å². The number of anilines is 1. The predicted molar refractivity (Wildman–Crippen MR) is 123 cm³/mol. The third-order valence-corrected chi connectivity index (χ3v) is 5.96. The van der Waals surface area contributed by atoms with Crippen LogP contribution >= 0.6 is 23.4 Å². The highest BCUT2D eigenvalue weighted by Gasteiger charge is 2.25.